The summed E-state index contributed by atoms with van der Waals surface area (Å²) in [6.45, 7) is 5.45. The second kappa shape index (κ2) is 10.1. The molecule has 1 fully saturated rings. The zero-order valence-electron chi connectivity index (χ0n) is 21.3. The number of amides is 2. The second-order valence-electron chi connectivity index (χ2n) is 9.31. The number of nitrogens with zero attached hydrogens (tertiary/aromatic N) is 3. The Bertz CT molecular complexity index is 1200. The van der Waals surface area contributed by atoms with Crippen molar-refractivity contribution in [2.24, 2.45) is 0 Å². The van der Waals surface area contributed by atoms with Crippen LogP contribution in [0.4, 0.5) is 5.69 Å². The van der Waals surface area contributed by atoms with E-state index in [4.69, 9.17) is 4.74 Å². The molecule has 1 spiro atoms. The third-order valence-corrected chi connectivity index (χ3v) is 6.75. The standard InChI is InChI=1S/C28H33N3O5/c1-5-7-16-30-22-11-9-8-10-21(22)28(27(30)35)23(25(33)26(34)31(28)18-17-29(3)4)24(32)19-12-14-20(15-13-19)36-6-2/h8-15,32H,5-7,16-18H2,1-4H3/b24-23-. The Balaban J connectivity index is 1.97. The minimum atomic E-state index is -1.73. The van der Waals surface area contributed by atoms with Crippen LogP contribution in [-0.4, -0.2) is 72.8 Å². The Labute approximate surface area is 211 Å². The summed E-state index contributed by atoms with van der Waals surface area (Å²) in [5, 5.41) is 11.5. The number of benzene rings is 2. The number of carbonyl (C=O) groups excluding carboxylic acids is 3. The van der Waals surface area contributed by atoms with Gasteiger partial charge in [-0.3, -0.25) is 14.4 Å². The van der Waals surface area contributed by atoms with E-state index in [2.05, 4.69) is 0 Å². The number of likely N-dealkylation sites (tertiary alicyclic amines) is 1. The zero-order chi connectivity index (χ0) is 26.0. The van der Waals surface area contributed by atoms with E-state index in [-0.39, 0.29) is 23.8 Å². The number of likely N-dealkylation sites (N-methyl/N-ethyl adjacent to an activating group) is 1. The summed E-state index contributed by atoms with van der Waals surface area (Å²) in [6.07, 6.45) is 1.64. The van der Waals surface area contributed by atoms with Gasteiger partial charge in [-0.25, -0.2) is 0 Å². The number of hydrogen-bond acceptors (Lipinski definition) is 6. The van der Waals surface area contributed by atoms with Crippen molar-refractivity contribution in [3.8, 4) is 5.75 Å². The van der Waals surface area contributed by atoms with Crippen LogP contribution in [0.25, 0.3) is 5.76 Å². The van der Waals surface area contributed by atoms with E-state index in [1.807, 2.05) is 45.0 Å². The molecule has 0 radical (unpaired) electrons. The molecule has 2 aromatic rings. The van der Waals surface area contributed by atoms with E-state index in [0.717, 1.165) is 12.8 Å². The maximum Gasteiger partial charge on any atom is 0.296 e. The highest BCUT2D eigenvalue weighted by atomic mass is 16.5. The third-order valence-electron chi connectivity index (χ3n) is 6.75. The van der Waals surface area contributed by atoms with Crippen molar-refractivity contribution >= 4 is 29.0 Å². The van der Waals surface area contributed by atoms with Crippen molar-refractivity contribution in [2.75, 3.05) is 45.2 Å². The number of unbranched alkanes of at least 4 members (excludes halogenated alkanes) is 1. The molecule has 0 saturated carbocycles. The minimum absolute atomic E-state index is 0.152. The molecule has 190 valence electrons. The van der Waals surface area contributed by atoms with Crippen LogP contribution in [0.3, 0.4) is 0 Å². The lowest BCUT2D eigenvalue weighted by molar-refractivity contribution is -0.143. The van der Waals surface area contributed by atoms with Gasteiger partial charge in [0.1, 0.15) is 11.5 Å². The summed E-state index contributed by atoms with van der Waals surface area (Å²) in [5.74, 6) is -1.79. The molecule has 1 saturated heterocycles. The molecule has 0 bridgehead atoms. The fourth-order valence-electron chi connectivity index (χ4n) is 5.02. The van der Waals surface area contributed by atoms with Gasteiger partial charge in [-0.05, 0) is 57.8 Å². The minimum Gasteiger partial charge on any atom is -0.507 e. The van der Waals surface area contributed by atoms with Gasteiger partial charge in [0.05, 0.1) is 17.9 Å². The van der Waals surface area contributed by atoms with Crippen molar-refractivity contribution < 1.29 is 24.2 Å². The highest BCUT2D eigenvalue weighted by Crippen LogP contribution is 2.53. The molecular weight excluding hydrogens is 458 g/mol. The molecule has 1 N–H and O–H groups in total. The predicted octanol–water partition coefficient (Wildman–Crippen LogP) is 3.37. The first-order chi connectivity index (χ1) is 17.3. The third kappa shape index (κ3) is 3.95. The molecule has 8 nitrogen and oxygen atoms in total. The summed E-state index contributed by atoms with van der Waals surface area (Å²) in [5.41, 5.74) is -0.383. The van der Waals surface area contributed by atoms with Crippen molar-refractivity contribution in [1.82, 2.24) is 9.80 Å². The predicted molar refractivity (Wildman–Crippen MR) is 138 cm³/mol. The van der Waals surface area contributed by atoms with E-state index < -0.39 is 17.2 Å². The van der Waals surface area contributed by atoms with E-state index in [9.17, 15) is 19.5 Å². The summed E-state index contributed by atoms with van der Waals surface area (Å²) in [4.78, 5) is 46.2. The number of rotatable bonds is 9. The highest BCUT2D eigenvalue weighted by molar-refractivity contribution is 6.50. The average Bonchev–Trinajstić information content (AvgIpc) is 3.24. The Hall–Kier alpha value is -3.65. The molecule has 8 heteroatoms. The smallest absolute Gasteiger partial charge is 0.296 e. The van der Waals surface area contributed by atoms with Gasteiger partial charge in [0.15, 0.2) is 5.54 Å². The maximum absolute atomic E-state index is 14.3. The van der Waals surface area contributed by atoms with E-state index in [1.54, 1.807) is 41.3 Å². The first-order valence-electron chi connectivity index (χ1n) is 12.4. The SMILES string of the molecule is CCCCN1C(=O)C2(/C(=C(\O)c3ccc(OCC)cc3)C(=O)C(=O)N2CCN(C)C)c2ccccc21. The lowest BCUT2D eigenvalue weighted by Gasteiger charge is -2.35. The molecule has 36 heavy (non-hydrogen) atoms. The van der Waals surface area contributed by atoms with Gasteiger partial charge >= 0.3 is 0 Å². The van der Waals surface area contributed by atoms with Crippen LogP contribution in [0.15, 0.2) is 54.1 Å². The maximum atomic E-state index is 14.3. The lowest BCUT2D eigenvalue weighted by Crippen LogP contribution is -2.53. The van der Waals surface area contributed by atoms with Crippen LogP contribution in [0.1, 0.15) is 37.8 Å². The highest BCUT2D eigenvalue weighted by Gasteiger charge is 2.66. The Morgan fingerprint density at radius 3 is 2.33 bits per heavy atom. The molecule has 0 aromatic heterocycles. The first kappa shape index (κ1) is 25.4. The first-order valence-corrected chi connectivity index (χ1v) is 12.4. The fourth-order valence-corrected chi connectivity index (χ4v) is 5.02. The van der Waals surface area contributed by atoms with Crippen molar-refractivity contribution in [3.63, 3.8) is 0 Å². The zero-order valence-corrected chi connectivity index (χ0v) is 21.3. The summed E-state index contributed by atoms with van der Waals surface area (Å²) in [6, 6.07) is 13.9. The number of hydrogen-bond donors (Lipinski definition) is 1. The number of aliphatic hydroxyl groups is 1. The normalized spacial score (nSPS) is 20.6. The molecule has 2 aromatic carbocycles. The van der Waals surface area contributed by atoms with Gasteiger partial charge in [-0.1, -0.05) is 31.5 Å². The molecule has 2 aliphatic heterocycles. The monoisotopic (exact) mass is 491 g/mol. The number of Topliss-reactive ketones (excluding diaryl/α,β-unsaturated/α-hetero) is 1. The van der Waals surface area contributed by atoms with E-state index >= 15 is 0 Å². The van der Waals surface area contributed by atoms with Gasteiger partial charge in [0, 0.05) is 30.8 Å². The quantitative estimate of drug-likeness (QED) is 0.329. The summed E-state index contributed by atoms with van der Waals surface area (Å²) in [7, 11) is 3.72. The number of ether oxygens (including phenoxy) is 1. The number of ketones is 1. The van der Waals surface area contributed by atoms with Crippen LogP contribution in [0.2, 0.25) is 0 Å². The number of aliphatic hydroxyl groups excluding tert-OH is 1. The fraction of sp³-hybridized carbons (Fsp3) is 0.393. The van der Waals surface area contributed by atoms with Crippen molar-refractivity contribution in [3.05, 3.63) is 65.2 Å². The number of carbonyl (C=O) groups is 3. The van der Waals surface area contributed by atoms with E-state index in [1.165, 1.54) is 4.90 Å². The molecule has 4 rings (SSSR count). The van der Waals surface area contributed by atoms with Gasteiger partial charge in [0.25, 0.3) is 17.6 Å². The molecule has 1 unspecified atom stereocenters. The molecule has 2 aliphatic rings. The van der Waals surface area contributed by atoms with Gasteiger partial charge < -0.3 is 24.5 Å². The Kier molecular flexibility index (Phi) is 7.17. The van der Waals surface area contributed by atoms with Gasteiger partial charge in [0.2, 0.25) is 0 Å². The lowest BCUT2D eigenvalue weighted by atomic mass is 9.82. The molecule has 2 amide bonds. The molecule has 1 atom stereocenters. The topological polar surface area (TPSA) is 90.4 Å². The summed E-state index contributed by atoms with van der Waals surface area (Å²) < 4.78 is 5.49. The van der Waals surface area contributed by atoms with Crippen molar-refractivity contribution in [2.45, 2.75) is 32.2 Å². The van der Waals surface area contributed by atoms with Crippen LogP contribution in [-0.2, 0) is 19.9 Å². The largest absolute Gasteiger partial charge is 0.507 e. The molecular formula is C28H33N3O5. The average molecular weight is 492 g/mol. The number of anilines is 1. The Morgan fingerprint density at radius 1 is 1.00 bits per heavy atom. The molecule has 2 heterocycles. The summed E-state index contributed by atoms with van der Waals surface area (Å²) >= 11 is 0. The van der Waals surface area contributed by atoms with Crippen LogP contribution < -0.4 is 9.64 Å². The number of para-hydroxylation sites is 1. The van der Waals surface area contributed by atoms with Gasteiger partial charge in [-0.2, -0.15) is 0 Å². The number of fused-ring (bicyclic) bond motifs is 2. The van der Waals surface area contributed by atoms with Crippen LogP contribution >= 0.6 is 0 Å². The van der Waals surface area contributed by atoms with E-state index in [0.29, 0.717) is 42.3 Å². The van der Waals surface area contributed by atoms with Crippen LogP contribution in [0, 0.1) is 0 Å². The van der Waals surface area contributed by atoms with Crippen LogP contribution in [0.5, 0.6) is 5.75 Å². The second-order valence-corrected chi connectivity index (χ2v) is 9.31. The van der Waals surface area contributed by atoms with Crippen molar-refractivity contribution in [1.29, 1.82) is 0 Å². The molecule has 0 aliphatic carbocycles. The van der Waals surface area contributed by atoms with Gasteiger partial charge in [-0.15, -0.1) is 0 Å². The Morgan fingerprint density at radius 2 is 1.69 bits per heavy atom.